The van der Waals surface area contributed by atoms with E-state index in [2.05, 4.69) is 9.97 Å². The Morgan fingerprint density at radius 3 is 1.90 bits per heavy atom. The Hall–Kier alpha value is -3.59. The highest BCUT2D eigenvalue weighted by atomic mass is 35.5. The largest absolute Gasteiger partial charge is 0.374 e. The number of rotatable bonds is 11. The average molecular weight is 556 g/mol. The number of halogens is 1. The third kappa shape index (κ3) is 6.09. The van der Waals surface area contributed by atoms with Gasteiger partial charge in [0.2, 0.25) is 0 Å². The Bertz CT molecular complexity index is 1500. The Kier molecular flexibility index (Phi) is 8.47. The minimum atomic E-state index is -0.515. The number of hydrogen-bond donors (Lipinski definition) is 0. The molecule has 1 unspecified atom stereocenters. The molecule has 2 aromatic heterocycles. The van der Waals surface area contributed by atoms with Crippen LogP contribution >= 0.6 is 11.6 Å². The van der Waals surface area contributed by atoms with Gasteiger partial charge in [-0.2, -0.15) is 0 Å². The highest BCUT2D eigenvalue weighted by Crippen LogP contribution is 2.37. The minimum absolute atomic E-state index is 0.338. The summed E-state index contributed by atoms with van der Waals surface area (Å²) >= 11 is 6.38. The van der Waals surface area contributed by atoms with E-state index >= 15 is 0 Å². The Labute approximate surface area is 238 Å². The number of fused-ring (bicyclic) bond motifs is 1. The van der Waals surface area contributed by atoms with Crippen molar-refractivity contribution < 1.29 is 18.9 Å². The number of hydrogen-bond acceptors (Lipinski definition) is 6. The molecule has 0 aliphatic carbocycles. The first-order chi connectivity index (χ1) is 19.8. The standard InChI is InChI=1S/C32H30ClN3O4/c33-30-26-16-17-36(31(26)35-22-34-30)32-29(39-20-25-14-8-3-9-15-25)28(38-19-24-12-6-2-7-13-24)27(40-32)21-37-18-23-10-4-1-5-11-23/h1-17,22,27-29,32H,18-21H2/t27-,28-,29+,32?/m1/s1. The van der Waals surface area contributed by atoms with E-state index in [1.165, 1.54) is 6.33 Å². The molecule has 0 N–H and O–H groups in total. The summed E-state index contributed by atoms with van der Waals surface area (Å²) < 4.78 is 27.9. The zero-order chi connectivity index (χ0) is 27.1. The van der Waals surface area contributed by atoms with Crippen molar-refractivity contribution in [2.24, 2.45) is 0 Å². The molecule has 7 nitrogen and oxygen atoms in total. The zero-order valence-corrected chi connectivity index (χ0v) is 22.6. The topological polar surface area (TPSA) is 67.6 Å². The van der Waals surface area contributed by atoms with Crippen LogP contribution in [0.2, 0.25) is 5.15 Å². The molecule has 5 aromatic rings. The molecular formula is C32H30ClN3O4. The van der Waals surface area contributed by atoms with Crippen LogP contribution in [0.25, 0.3) is 11.0 Å². The lowest BCUT2D eigenvalue weighted by atomic mass is 10.1. The maximum Gasteiger partial charge on any atom is 0.164 e. The molecule has 8 heteroatoms. The fourth-order valence-electron chi connectivity index (χ4n) is 4.99. The number of ether oxygens (including phenoxy) is 4. The minimum Gasteiger partial charge on any atom is -0.374 e. The fourth-order valence-corrected chi connectivity index (χ4v) is 5.18. The van der Waals surface area contributed by atoms with Crippen LogP contribution in [0, 0.1) is 0 Å². The molecule has 1 saturated heterocycles. The van der Waals surface area contributed by atoms with Crippen LogP contribution in [0.5, 0.6) is 0 Å². The van der Waals surface area contributed by atoms with Gasteiger partial charge in [-0.25, -0.2) is 9.97 Å². The summed E-state index contributed by atoms with van der Waals surface area (Å²) in [5.74, 6) is 0. The predicted octanol–water partition coefficient (Wildman–Crippen LogP) is 6.37. The Morgan fingerprint density at radius 2 is 1.27 bits per heavy atom. The van der Waals surface area contributed by atoms with Gasteiger partial charge < -0.3 is 23.5 Å². The van der Waals surface area contributed by atoms with E-state index in [0.717, 1.165) is 22.1 Å². The molecule has 3 aromatic carbocycles. The van der Waals surface area contributed by atoms with Gasteiger partial charge in [0, 0.05) is 6.20 Å². The second kappa shape index (κ2) is 12.7. The van der Waals surface area contributed by atoms with Crippen LogP contribution in [-0.4, -0.2) is 39.5 Å². The van der Waals surface area contributed by atoms with E-state index in [9.17, 15) is 0 Å². The summed E-state index contributed by atoms with van der Waals surface area (Å²) in [5, 5.41) is 1.14. The smallest absolute Gasteiger partial charge is 0.164 e. The zero-order valence-electron chi connectivity index (χ0n) is 21.9. The molecule has 3 heterocycles. The molecule has 0 spiro atoms. The summed E-state index contributed by atoms with van der Waals surface area (Å²) in [6.07, 6.45) is 1.63. The van der Waals surface area contributed by atoms with Gasteiger partial charge >= 0.3 is 0 Å². The van der Waals surface area contributed by atoms with E-state index in [1.54, 1.807) is 0 Å². The van der Waals surface area contributed by atoms with Crippen LogP contribution in [0.1, 0.15) is 22.9 Å². The first-order valence-electron chi connectivity index (χ1n) is 13.3. The van der Waals surface area contributed by atoms with Crippen LogP contribution in [0.15, 0.2) is 110 Å². The van der Waals surface area contributed by atoms with Crippen molar-refractivity contribution in [3.05, 3.63) is 131 Å². The van der Waals surface area contributed by atoms with Crippen LogP contribution in [0.3, 0.4) is 0 Å². The van der Waals surface area contributed by atoms with Gasteiger partial charge in [0.25, 0.3) is 0 Å². The van der Waals surface area contributed by atoms with E-state index < -0.39 is 18.4 Å². The van der Waals surface area contributed by atoms with E-state index in [-0.39, 0.29) is 6.10 Å². The van der Waals surface area contributed by atoms with Gasteiger partial charge in [0.15, 0.2) is 6.23 Å². The van der Waals surface area contributed by atoms with Gasteiger partial charge in [-0.15, -0.1) is 0 Å². The van der Waals surface area contributed by atoms with Crippen molar-refractivity contribution in [3.63, 3.8) is 0 Å². The summed E-state index contributed by atoms with van der Waals surface area (Å²) in [5.41, 5.74) is 3.90. The van der Waals surface area contributed by atoms with Gasteiger partial charge in [-0.1, -0.05) is 103 Å². The highest BCUT2D eigenvalue weighted by Gasteiger charge is 2.48. The van der Waals surface area contributed by atoms with E-state index in [0.29, 0.717) is 37.2 Å². The second-order valence-electron chi connectivity index (χ2n) is 9.71. The Morgan fingerprint density at radius 1 is 0.700 bits per heavy atom. The molecule has 0 amide bonds. The molecule has 1 aliphatic heterocycles. The third-order valence-electron chi connectivity index (χ3n) is 6.98. The molecule has 0 saturated carbocycles. The van der Waals surface area contributed by atoms with Crippen LogP contribution < -0.4 is 0 Å². The van der Waals surface area contributed by atoms with Crippen molar-refractivity contribution in [3.8, 4) is 0 Å². The van der Waals surface area contributed by atoms with E-state index in [1.807, 2.05) is 108 Å². The van der Waals surface area contributed by atoms with E-state index in [4.69, 9.17) is 30.5 Å². The lowest BCUT2D eigenvalue weighted by Crippen LogP contribution is -2.38. The maximum atomic E-state index is 6.68. The quantitative estimate of drug-likeness (QED) is 0.176. The van der Waals surface area contributed by atoms with Crippen molar-refractivity contribution in [2.45, 2.75) is 44.4 Å². The van der Waals surface area contributed by atoms with Crippen molar-refractivity contribution in [2.75, 3.05) is 6.61 Å². The molecule has 6 rings (SSSR count). The second-order valence-corrected chi connectivity index (χ2v) is 10.1. The molecule has 40 heavy (non-hydrogen) atoms. The molecule has 1 fully saturated rings. The number of benzene rings is 3. The Balaban J connectivity index is 1.29. The lowest BCUT2D eigenvalue weighted by molar-refractivity contribution is -0.0913. The van der Waals surface area contributed by atoms with Crippen LogP contribution in [-0.2, 0) is 38.8 Å². The monoisotopic (exact) mass is 555 g/mol. The summed E-state index contributed by atoms with van der Waals surface area (Å²) in [4.78, 5) is 8.63. The predicted molar refractivity (Wildman–Crippen MR) is 153 cm³/mol. The molecule has 0 radical (unpaired) electrons. The van der Waals surface area contributed by atoms with Crippen molar-refractivity contribution >= 4 is 22.6 Å². The molecule has 204 valence electrons. The van der Waals surface area contributed by atoms with Crippen molar-refractivity contribution in [1.82, 2.24) is 14.5 Å². The summed E-state index contributed by atoms with van der Waals surface area (Å²) in [6, 6.07) is 32.2. The lowest BCUT2D eigenvalue weighted by Gasteiger charge is -2.26. The SMILES string of the molecule is Clc1ncnc2c1ccn2C1O[C@H](COCc2ccccc2)[C@@H](OCc2ccccc2)[C@@H]1OCc1ccccc1. The maximum absolute atomic E-state index is 6.68. The van der Waals surface area contributed by atoms with Crippen molar-refractivity contribution in [1.29, 1.82) is 0 Å². The molecule has 4 atom stereocenters. The van der Waals surface area contributed by atoms with Gasteiger partial charge in [-0.3, -0.25) is 0 Å². The molecule has 0 bridgehead atoms. The van der Waals surface area contributed by atoms with Gasteiger partial charge in [0.05, 0.1) is 31.8 Å². The first-order valence-corrected chi connectivity index (χ1v) is 13.7. The van der Waals surface area contributed by atoms with Gasteiger partial charge in [0.1, 0.15) is 35.4 Å². The first kappa shape index (κ1) is 26.6. The summed E-state index contributed by atoms with van der Waals surface area (Å²) in [7, 11) is 0. The third-order valence-corrected chi connectivity index (χ3v) is 7.29. The number of nitrogens with zero attached hydrogens (tertiary/aromatic N) is 3. The number of aromatic nitrogens is 3. The fraction of sp³-hybridized carbons (Fsp3) is 0.250. The normalized spacial score (nSPS) is 20.7. The van der Waals surface area contributed by atoms with Gasteiger partial charge in [-0.05, 0) is 22.8 Å². The van der Waals surface area contributed by atoms with Crippen LogP contribution in [0.4, 0.5) is 0 Å². The molecule has 1 aliphatic rings. The molecular weight excluding hydrogens is 526 g/mol. The highest BCUT2D eigenvalue weighted by molar-refractivity contribution is 6.33. The summed E-state index contributed by atoms with van der Waals surface area (Å²) in [6.45, 7) is 1.64. The average Bonchev–Trinajstić information content (AvgIpc) is 3.58.